The van der Waals surface area contributed by atoms with Crippen LogP contribution >= 0.6 is 0 Å². The van der Waals surface area contributed by atoms with Gasteiger partial charge in [0.05, 0.1) is 26.2 Å². The van der Waals surface area contributed by atoms with E-state index >= 15 is 0 Å². The van der Waals surface area contributed by atoms with Crippen LogP contribution in [-0.4, -0.2) is 51.2 Å². The average molecular weight is 471 g/mol. The zero-order valence-corrected chi connectivity index (χ0v) is 18.8. The molecule has 0 aromatic heterocycles. The standard InChI is InChI=1S/C19H22N2O8S2/c1-20-30(23,24)15-8-6-14(7-9-15)21-31(25,26)17-12-13(5-10-18(22)28-3)11-16(27-2)19(17)29-4/h5-12,20-21H,1-4H3/b10-5+. The van der Waals surface area contributed by atoms with Crippen molar-refractivity contribution in [1.29, 1.82) is 0 Å². The summed E-state index contributed by atoms with van der Waals surface area (Å²) in [6, 6.07) is 7.94. The maximum Gasteiger partial charge on any atom is 0.330 e. The number of esters is 1. The number of hydrogen-bond donors (Lipinski definition) is 2. The number of ether oxygens (including phenoxy) is 3. The van der Waals surface area contributed by atoms with Crippen molar-refractivity contribution >= 4 is 37.8 Å². The van der Waals surface area contributed by atoms with E-state index in [9.17, 15) is 21.6 Å². The number of rotatable bonds is 9. The fourth-order valence-electron chi connectivity index (χ4n) is 2.51. The maximum atomic E-state index is 13.0. The van der Waals surface area contributed by atoms with Gasteiger partial charge in [0.25, 0.3) is 10.0 Å². The SMILES string of the molecule is CNS(=O)(=O)c1ccc(NS(=O)(=O)c2cc(/C=C/C(=O)OC)cc(OC)c2OC)cc1. The lowest BCUT2D eigenvalue weighted by molar-refractivity contribution is -0.134. The average Bonchev–Trinajstić information content (AvgIpc) is 2.76. The molecule has 0 saturated carbocycles. The largest absolute Gasteiger partial charge is 0.493 e. The lowest BCUT2D eigenvalue weighted by atomic mass is 10.2. The molecule has 12 heteroatoms. The monoisotopic (exact) mass is 470 g/mol. The van der Waals surface area contributed by atoms with Crippen LogP contribution in [-0.2, 0) is 29.6 Å². The third-order valence-electron chi connectivity index (χ3n) is 4.06. The van der Waals surface area contributed by atoms with Gasteiger partial charge in [0.1, 0.15) is 4.90 Å². The topological polar surface area (TPSA) is 137 Å². The lowest BCUT2D eigenvalue weighted by Crippen LogP contribution is -2.18. The molecule has 2 aromatic rings. The maximum absolute atomic E-state index is 13.0. The Morgan fingerprint density at radius 1 is 0.935 bits per heavy atom. The molecule has 0 unspecified atom stereocenters. The van der Waals surface area contributed by atoms with Gasteiger partial charge >= 0.3 is 5.97 Å². The molecule has 10 nitrogen and oxygen atoms in total. The van der Waals surface area contributed by atoms with Gasteiger partial charge in [-0.1, -0.05) is 0 Å². The first kappa shape index (κ1) is 24.2. The Morgan fingerprint density at radius 2 is 1.58 bits per heavy atom. The number of hydrogen-bond acceptors (Lipinski definition) is 8. The summed E-state index contributed by atoms with van der Waals surface area (Å²) in [5.41, 5.74) is 0.477. The number of carbonyl (C=O) groups excluding carboxylic acids is 1. The van der Waals surface area contributed by atoms with Gasteiger partial charge in [0.2, 0.25) is 10.0 Å². The van der Waals surface area contributed by atoms with E-state index in [4.69, 9.17) is 9.47 Å². The van der Waals surface area contributed by atoms with E-state index in [-0.39, 0.29) is 27.0 Å². The van der Waals surface area contributed by atoms with Gasteiger partial charge < -0.3 is 14.2 Å². The molecule has 0 aliphatic heterocycles. The van der Waals surface area contributed by atoms with Crippen LogP contribution < -0.4 is 18.9 Å². The minimum Gasteiger partial charge on any atom is -0.493 e. The molecule has 0 bridgehead atoms. The molecule has 0 aliphatic rings. The third-order valence-corrected chi connectivity index (χ3v) is 6.87. The van der Waals surface area contributed by atoms with Gasteiger partial charge in [-0.25, -0.2) is 26.4 Å². The Kier molecular flexibility index (Phi) is 7.65. The van der Waals surface area contributed by atoms with E-state index in [1.54, 1.807) is 0 Å². The van der Waals surface area contributed by atoms with Crippen LogP contribution in [0, 0.1) is 0 Å². The molecular weight excluding hydrogens is 448 g/mol. The molecule has 0 heterocycles. The molecule has 2 aromatic carbocycles. The molecule has 31 heavy (non-hydrogen) atoms. The van der Waals surface area contributed by atoms with E-state index < -0.39 is 26.0 Å². The molecule has 0 spiro atoms. The molecule has 2 N–H and O–H groups in total. The Morgan fingerprint density at radius 3 is 2.10 bits per heavy atom. The summed E-state index contributed by atoms with van der Waals surface area (Å²) in [6.07, 6.45) is 2.50. The normalized spacial score (nSPS) is 11.9. The lowest BCUT2D eigenvalue weighted by Gasteiger charge is -2.15. The summed E-state index contributed by atoms with van der Waals surface area (Å²) in [7, 11) is -2.72. The smallest absolute Gasteiger partial charge is 0.330 e. The minimum absolute atomic E-state index is 0.0212. The van der Waals surface area contributed by atoms with Crippen LogP contribution in [0.5, 0.6) is 11.5 Å². The highest BCUT2D eigenvalue weighted by molar-refractivity contribution is 7.92. The highest BCUT2D eigenvalue weighted by Crippen LogP contribution is 2.37. The first-order chi connectivity index (χ1) is 14.6. The van der Waals surface area contributed by atoms with E-state index in [2.05, 4.69) is 14.2 Å². The van der Waals surface area contributed by atoms with Gasteiger partial charge in [0, 0.05) is 11.8 Å². The summed E-state index contributed by atoms with van der Waals surface area (Å²) in [4.78, 5) is 11.1. The summed E-state index contributed by atoms with van der Waals surface area (Å²) in [5.74, 6) is -0.529. The second-order valence-electron chi connectivity index (χ2n) is 5.95. The van der Waals surface area contributed by atoms with Crippen molar-refractivity contribution in [3.63, 3.8) is 0 Å². The molecule has 168 valence electrons. The van der Waals surface area contributed by atoms with Crippen molar-refractivity contribution < 1.29 is 35.8 Å². The van der Waals surface area contributed by atoms with E-state index in [0.29, 0.717) is 5.56 Å². The van der Waals surface area contributed by atoms with Crippen LogP contribution in [0.1, 0.15) is 5.56 Å². The number of sulfonamides is 2. The molecule has 0 radical (unpaired) electrons. The van der Waals surface area contributed by atoms with E-state index in [1.807, 2.05) is 0 Å². The molecule has 0 saturated heterocycles. The molecule has 0 amide bonds. The van der Waals surface area contributed by atoms with E-state index in [0.717, 1.165) is 6.08 Å². The third kappa shape index (κ3) is 5.75. The Hall–Kier alpha value is -3.09. The Balaban J connectivity index is 2.49. The number of carbonyl (C=O) groups is 1. The van der Waals surface area contributed by atoms with Gasteiger partial charge in [-0.05, 0) is 55.1 Å². The molecular formula is C19H22N2O8S2. The number of methoxy groups -OCH3 is 3. The highest BCUT2D eigenvalue weighted by atomic mass is 32.2. The summed E-state index contributed by atoms with van der Waals surface area (Å²) in [6.45, 7) is 0. The minimum atomic E-state index is -4.18. The Labute approximate surface area is 180 Å². The molecule has 2 rings (SSSR count). The van der Waals surface area contributed by atoms with Gasteiger partial charge in [-0.3, -0.25) is 4.72 Å². The first-order valence-corrected chi connectivity index (χ1v) is 11.6. The predicted molar refractivity (Wildman–Crippen MR) is 114 cm³/mol. The zero-order chi connectivity index (χ0) is 23.2. The fraction of sp³-hybridized carbons (Fsp3) is 0.211. The highest BCUT2D eigenvalue weighted by Gasteiger charge is 2.24. The second-order valence-corrected chi connectivity index (χ2v) is 9.49. The first-order valence-electron chi connectivity index (χ1n) is 8.66. The molecule has 0 atom stereocenters. The van der Waals surface area contributed by atoms with Crippen LogP contribution in [0.25, 0.3) is 6.08 Å². The van der Waals surface area contributed by atoms with Crippen LogP contribution in [0.3, 0.4) is 0 Å². The van der Waals surface area contributed by atoms with Crippen molar-refractivity contribution in [1.82, 2.24) is 4.72 Å². The summed E-state index contributed by atoms with van der Waals surface area (Å²) < 4.78 is 69.2. The van der Waals surface area contributed by atoms with Crippen molar-refractivity contribution in [2.75, 3.05) is 33.1 Å². The number of nitrogens with one attached hydrogen (secondary N) is 2. The van der Waals surface area contributed by atoms with E-state index in [1.165, 1.54) is 70.9 Å². The van der Waals surface area contributed by atoms with Crippen LogP contribution in [0.2, 0.25) is 0 Å². The van der Waals surface area contributed by atoms with Gasteiger partial charge in [0.15, 0.2) is 11.5 Å². The summed E-state index contributed by atoms with van der Waals surface area (Å²) in [5, 5.41) is 0. The van der Waals surface area contributed by atoms with Crippen LogP contribution in [0.4, 0.5) is 5.69 Å². The van der Waals surface area contributed by atoms with Crippen molar-refractivity contribution in [3.05, 3.63) is 48.0 Å². The van der Waals surface area contributed by atoms with Crippen molar-refractivity contribution in [3.8, 4) is 11.5 Å². The fourth-order valence-corrected chi connectivity index (χ4v) is 4.51. The summed E-state index contributed by atoms with van der Waals surface area (Å²) >= 11 is 0. The zero-order valence-electron chi connectivity index (χ0n) is 17.2. The quantitative estimate of drug-likeness (QED) is 0.416. The van der Waals surface area contributed by atoms with Crippen molar-refractivity contribution in [2.24, 2.45) is 0 Å². The predicted octanol–water partition coefficient (Wildman–Crippen LogP) is 1.60. The molecule has 0 fully saturated rings. The second kappa shape index (κ2) is 9.81. The van der Waals surface area contributed by atoms with Crippen LogP contribution in [0.15, 0.2) is 52.3 Å². The van der Waals surface area contributed by atoms with Gasteiger partial charge in [-0.2, -0.15) is 0 Å². The number of anilines is 1. The van der Waals surface area contributed by atoms with Gasteiger partial charge in [-0.15, -0.1) is 0 Å². The Bertz CT molecular complexity index is 1190. The van der Waals surface area contributed by atoms with Crippen molar-refractivity contribution in [2.45, 2.75) is 9.79 Å². The number of benzene rings is 2. The molecule has 0 aliphatic carbocycles.